The third-order valence-electron chi connectivity index (χ3n) is 5.21. The van der Waals surface area contributed by atoms with Gasteiger partial charge in [0.15, 0.2) is 0 Å². The molecule has 0 spiro atoms. The lowest BCUT2D eigenvalue weighted by Gasteiger charge is -2.35. The molecule has 1 saturated carbocycles. The lowest BCUT2D eigenvalue weighted by molar-refractivity contribution is 0.342. The van der Waals surface area contributed by atoms with Gasteiger partial charge in [-0.2, -0.15) is 0 Å². The van der Waals surface area contributed by atoms with Crippen LogP contribution in [-0.4, -0.2) is 19.6 Å². The van der Waals surface area contributed by atoms with Gasteiger partial charge in [-0.25, -0.2) is 0 Å². The molecule has 2 fully saturated rings. The third kappa shape index (κ3) is 2.62. The second-order valence-electron chi connectivity index (χ2n) is 6.31. The Balaban J connectivity index is 1.93. The molecule has 2 nitrogen and oxygen atoms in total. The third-order valence-corrected chi connectivity index (χ3v) is 5.70. The largest absolute Gasteiger partial charge is 0.368 e. The highest BCUT2D eigenvalue weighted by atomic mass is 79.9. The Morgan fingerprint density at radius 2 is 2.05 bits per heavy atom. The van der Waals surface area contributed by atoms with Gasteiger partial charge in [-0.1, -0.05) is 28.8 Å². The predicted molar refractivity (Wildman–Crippen MR) is 89.3 cm³/mol. The van der Waals surface area contributed by atoms with E-state index in [1.165, 1.54) is 54.4 Å². The molecule has 0 amide bonds. The van der Waals surface area contributed by atoms with Gasteiger partial charge in [0.1, 0.15) is 0 Å². The highest BCUT2D eigenvalue weighted by Crippen LogP contribution is 2.41. The second-order valence-corrected chi connectivity index (χ2v) is 7.22. The summed E-state index contributed by atoms with van der Waals surface area (Å²) < 4.78 is 1.18. The van der Waals surface area contributed by atoms with Crippen LogP contribution in [0, 0.1) is 5.92 Å². The van der Waals surface area contributed by atoms with Gasteiger partial charge in [0.25, 0.3) is 0 Å². The summed E-state index contributed by atoms with van der Waals surface area (Å²) in [6.45, 7) is 3.49. The maximum absolute atomic E-state index is 3.62. The number of hydrogen-bond donors (Lipinski definition) is 1. The molecule has 3 unspecified atom stereocenters. The quantitative estimate of drug-likeness (QED) is 0.874. The van der Waals surface area contributed by atoms with Gasteiger partial charge >= 0.3 is 0 Å². The van der Waals surface area contributed by atoms with E-state index >= 15 is 0 Å². The van der Waals surface area contributed by atoms with Crippen LogP contribution < -0.4 is 10.2 Å². The average Bonchev–Trinajstić information content (AvgIpc) is 2.90. The Kier molecular flexibility index (Phi) is 4.37. The summed E-state index contributed by atoms with van der Waals surface area (Å²) in [5.74, 6) is 0.935. The molecule has 3 atom stereocenters. The van der Waals surface area contributed by atoms with Crippen molar-refractivity contribution in [3.8, 4) is 0 Å². The lowest BCUT2D eigenvalue weighted by Crippen LogP contribution is -2.35. The molecule has 1 aliphatic carbocycles. The molecule has 0 radical (unpaired) electrons. The van der Waals surface area contributed by atoms with Crippen LogP contribution in [0.3, 0.4) is 0 Å². The second kappa shape index (κ2) is 6.07. The number of anilines is 1. The number of fused-ring (bicyclic) bond motifs is 1. The van der Waals surface area contributed by atoms with Crippen molar-refractivity contribution < 1.29 is 0 Å². The molecule has 0 aromatic heterocycles. The predicted octanol–water partition coefficient (Wildman–Crippen LogP) is 4.50. The maximum Gasteiger partial charge on any atom is 0.0418 e. The van der Waals surface area contributed by atoms with Crippen LogP contribution in [0.2, 0.25) is 0 Å². The van der Waals surface area contributed by atoms with Crippen molar-refractivity contribution in [3.63, 3.8) is 0 Å². The van der Waals surface area contributed by atoms with E-state index in [1.54, 1.807) is 0 Å². The lowest BCUT2D eigenvalue weighted by atomic mass is 9.85. The molecule has 1 saturated heterocycles. The Morgan fingerprint density at radius 1 is 1.25 bits per heavy atom. The fourth-order valence-corrected chi connectivity index (χ4v) is 4.37. The number of rotatable bonds is 3. The molecule has 1 N–H and O–H groups in total. The minimum atomic E-state index is 0.394. The van der Waals surface area contributed by atoms with Gasteiger partial charge in [-0.3, -0.25) is 0 Å². The van der Waals surface area contributed by atoms with E-state index in [4.69, 9.17) is 0 Å². The number of nitrogens with one attached hydrogen (secondary N) is 1. The van der Waals surface area contributed by atoms with Crippen molar-refractivity contribution in [1.82, 2.24) is 5.32 Å². The summed E-state index contributed by atoms with van der Waals surface area (Å²) >= 11 is 3.62. The topological polar surface area (TPSA) is 15.3 Å². The fourth-order valence-electron chi connectivity index (χ4n) is 3.99. The first-order valence-corrected chi connectivity index (χ1v) is 8.73. The van der Waals surface area contributed by atoms with Gasteiger partial charge in [0.05, 0.1) is 0 Å². The van der Waals surface area contributed by atoms with Gasteiger partial charge in [0, 0.05) is 28.8 Å². The number of halogens is 1. The first-order valence-electron chi connectivity index (χ1n) is 7.94. The van der Waals surface area contributed by atoms with E-state index in [1.807, 2.05) is 7.05 Å². The van der Waals surface area contributed by atoms with Gasteiger partial charge in [-0.15, -0.1) is 0 Å². The van der Waals surface area contributed by atoms with Crippen LogP contribution in [0.4, 0.5) is 5.69 Å². The average molecular weight is 337 g/mol. The molecule has 3 rings (SSSR count). The first-order chi connectivity index (χ1) is 9.70. The fraction of sp³-hybridized carbons (Fsp3) is 0.647. The SMILES string of the molecule is CNC(C)c1cc(Br)ccc1N1CCC2CCCCC21. The van der Waals surface area contributed by atoms with Gasteiger partial charge in [-0.05, 0) is 62.9 Å². The van der Waals surface area contributed by atoms with Crippen molar-refractivity contribution in [1.29, 1.82) is 0 Å². The standard InChI is InChI=1S/C17H25BrN2/c1-12(19-2)15-11-14(18)7-8-17(15)20-10-9-13-5-3-4-6-16(13)20/h7-8,11-13,16,19H,3-6,9-10H2,1-2H3. The van der Waals surface area contributed by atoms with Crippen molar-refractivity contribution in [2.24, 2.45) is 5.92 Å². The van der Waals surface area contributed by atoms with Crippen LogP contribution in [0.15, 0.2) is 22.7 Å². The van der Waals surface area contributed by atoms with Crippen molar-refractivity contribution in [2.45, 2.75) is 51.1 Å². The van der Waals surface area contributed by atoms with E-state index in [0.29, 0.717) is 6.04 Å². The molecule has 3 heteroatoms. The molecule has 1 aromatic rings. The molecule has 1 aromatic carbocycles. The van der Waals surface area contributed by atoms with Gasteiger partial charge < -0.3 is 10.2 Å². The Morgan fingerprint density at radius 3 is 2.85 bits per heavy atom. The Hall–Kier alpha value is -0.540. The molecule has 2 aliphatic rings. The molecule has 110 valence electrons. The number of nitrogens with zero attached hydrogens (tertiary/aromatic N) is 1. The van der Waals surface area contributed by atoms with Gasteiger partial charge in [0.2, 0.25) is 0 Å². The molecule has 1 aliphatic heterocycles. The zero-order valence-corrected chi connectivity index (χ0v) is 14.1. The zero-order valence-electron chi connectivity index (χ0n) is 12.5. The minimum absolute atomic E-state index is 0.394. The van der Waals surface area contributed by atoms with Crippen molar-refractivity contribution in [2.75, 3.05) is 18.5 Å². The highest BCUT2D eigenvalue weighted by Gasteiger charge is 2.36. The number of hydrogen-bond acceptors (Lipinski definition) is 2. The van der Waals surface area contributed by atoms with Crippen LogP contribution in [0.25, 0.3) is 0 Å². The smallest absolute Gasteiger partial charge is 0.0418 e. The van der Waals surface area contributed by atoms with Crippen molar-refractivity contribution in [3.05, 3.63) is 28.2 Å². The summed E-state index contributed by atoms with van der Waals surface area (Å²) in [4.78, 5) is 2.69. The van der Waals surface area contributed by atoms with Crippen LogP contribution >= 0.6 is 15.9 Å². The summed E-state index contributed by atoms with van der Waals surface area (Å²) in [5, 5.41) is 3.40. The van der Waals surface area contributed by atoms with E-state index in [2.05, 4.69) is 51.3 Å². The molecule has 1 heterocycles. The first kappa shape index (κ1) is 14.4. The van der Waals surface area contributed by atoms with E-state index < -0.39 is 0 Å². The molecular weight excluding hydrogens is 312 g/mol. The van der Waals surface area contributed by atoms with Crippen LogP contribution in [0.1, 0.15) is 50.6 Å². The summed E-state index contributed by atoms with van der Waals surface area (Å²) in [6, 6.07) is 7.96. The number of benzene rings is 1. The van der Waals surface area contributed by atoms with Crippen LogP contribution in [-0.2, 0) is 0 Å². The molecule has 0 bridgehead atoms. The van der Waals surface area contributed by atoms with E-state index in [-0.39, 0.29) is 0 Å². The molecule has 20 heavy (non-hydrogen) atoms. The maximum atomic E-state index is 3.62. The normalized spacial score (nSPS) is 27.4. The van der Waals surface area contributed by atoms with Crippen molar-refractivity contribution >= 4 is 21.6 Å². The Labute approximate surface area is 131 Å². The monoisotopic (exact) mass is 336 g/mol. The summed E-state index contributed by atoms with van der Waals surface area (Å²) in [5.41, 5.74) is 2.87. The van der Waals surface area contributed by atoms with E-state index in [9.17, 15) is 0 Å². The summed E-state index contributed by atoms with van der Waals surface area (Å²) in [7, 11) is 2.04. The highest BCUT2D eigenvalue weighted by molar-refractivity contribution is 9.10. The van der Waals surface area contributed by atoms with E-state index in [0.717, 1.165) is 12.0 Å². The molecular formula is C17H25BrN2. The summed E-state index contributed by atoms with van der Waals surface area (Å²) in [6.07, 6.45) is 7.05. The minimum Gasteiger partial charge on any atom is -0.368 e. The van der Waals surface area contributed by atoms with Crippen LogP contribution in [0.5, 0.6) is 0 Å². The zero-order chi connectivity index (χ0) is 14.1. The Bertz CT molecular complexity index is 474.